The van der Waals surface area contributed by atoms with Crippen molar-refractivity contribution in [3.63, 3.8) is 0 Å². The molecule has 4 heteroatoms. The average Bonchev–Trinajstić information content (AvgIpc) is 2.47. The molecule has 0 radical (unpaired) electrons. The summed E-state index contributed by atoms with van der Waals surface area (Å²) in [6.45, 7) is 3.97. The average molecular weight is 271 g/mol. The van der Waals surface area contributed by atoms with E-state index in [1.54, 1.807) is 20.2 Å². The van der Waals surface area contributed by atoms with Gasteiger partial charge in [0, 0.05) is 11.8 Å². The molecule has 0 unspecified atom stereocenters. The Labute approximate surface area is 118 Å². The topological polar surface area (TPSA) is 48.4 Å². The number of aromatic nitrogens is 1. The second kappa shape index (κ2) is 6.19. The first-order chi connectivity index (χ1) is 9.69. The van der Waals surface area contributed by atoms with Gasteiger partial charge in [-0.1, -0.05) is 18.2 Å². The van der Waals surface area contributed by atoms with Crippen LogP contribution in [0.25, 0.3) is 11.1 Å². The molecule has 0 atom stereocenters. The summed E-state index contributed by atoms with van der Waals surface area (Å²) >= 11 is 0. The first kappa shape index (κ1) is 14.1. The van der Waals surface area contributed by atoms with Gasteiger partial charge in [-0.2, -0.15) is 0 Å². The molecule has 0 bridgehead atoms. The van der Waals surface area contributed by atoms with Gasteiger partial charge in [0.25, 0.3) is 0 Å². The molecule has 0 aliphatic carbocycles. The third kappa shape index (κ3) is 2.64. The number of nitrogens with zero attached hydrogens (tertiary/aromatic N) is 1. The van der Waals surface area contributed by atoms with Crippen molar-refractivity contribution in [3.8, 4) is 16.9 Å². The van der Waals surface area contributed by atoms with E-state index in [2.05, 4.69) is 4.98 Å². The van der Waals surface area contributed by atoms with Crippen LogP contribution in [0.5, 0.6) is 5.75 Å². The minimum Gasteiger partial charge on any atom is -0.496 e. The van der Waals surface area contributed by atoms with Gasteiger partial charge in [-0.15, -0.1) is 0 Å². The van der Waals surface area contributed by atoms with Crippen LogP contribution in [-0.2, 0) is 4.74 Å². The number of hydrogen-bond acceptors (Lipinski definition) is 4. The van der Waals surface area contributed by atoms with Gasteiger partial charge in [-0.25, -0.2) is 9.78 Å². The Morgan fingerprint density at radius 3 is 2.65 bits per heavy atom. The fourth-order valence-corrected chi connectivity index (χ4v) is 2.10. The smallest absolute Gasteiger partial charge is 0.357 e. The molecule has 4 nitrogen and oxygen atoms in total. The van der Waals surface area contributed by atoms with Crippen molar-refractivity contribution in [3.05, 3.63) is 47.8 Å². The van der Waals surface area contributed by atoms with Crippen LogP contribution in [0.2, 0.25) is 0 Å². The van der Waals surface area contributed by atoms with Crippen molar-refractivity contribution in [2.75, 3.05) is 13.7 Å². The Bertz CT molecular complexity index is 623. The monoisotopic (exact) mass is 271 g/mol. The van der Waals surface area contributed by atoms with Crippen LogP contribution in [0.3, 0.4) is 0 Å². The van der Waals surface area contributed by atoms with Crippen molar-refractivity contribution in [2.24, 2.45) is 0 Å². The molecule has 1 aromatic heterocycles. The van der Waals surface area contributed by atoms with Crippen LogP contribution in [-0.4, -0.2) is 24.7 Å². The number of pyridine rings is 1. The second-order valence-corrected chi connectivity index (χ2v) is 4.25. The summed E-state index contributed by atoms with van der Waals surface area (Å²) in [7, 11) is 1.63. The zero-order chi connectivity index (χ0) is 14.5. The number of hydrogen-bond donors (Lipinski definition) is 0. The normalized spacial score (nSPS) is 10.2. The second-order valence-electron chi connectivity index (χ2n) is 4.25. The number of rotatable bonds is 4. The predicted molar refractivity (Wildman–Crippen MR) is 76.9 cm³/mol. The molecule has 0 saturated heterocycles. The lowest BCUT2D eigenvalue weighted by Crippen LogP contribution is -2.09. The van der Waals surface area contributed by atoms with Gasteiger partial charge in [0.1, 0.15) is 5.75 Å². The van der Waals surface area contributed by atoms with E-state index in [1.165, 1.54) is 0 Å². The van der Waals surface area contributed by atoms with Gasteiger partial charge in [-0.05, 0) is 37.1 Å². The molecule has 0 saturated carbocycles. The molecule has 2 aromatic rings. The van der Waals surface area contributed by atoms with Gasteiger partial charge in [0.2, 0.25) is 0 Å². The molecule has 0 amide bonds. The third-order valence-electron chi connectivity index (χ3n) is 3.07. The third-order valence-corrected chi connectivity index (χ3v) is 3.07. The molecule has 0 aliphatic heterocycles. The molecular weight excluding hydrogens is 254 g/mol. The summed E-state index contributed by atoms with van der Waals surface area (Å²) in [6.07, 6.45) is 1.61. The van der Waals surface area contributed by atoms with Gasteiger partial charge in [0.05, 0.1) is 13.7 Å². The van der Waals surface area contributed by atoms with Crippen molar-refractivity contribution < 1.29 is 14.3 Å². The van der Waals surface area contributed by atoms with E-state index in [9.17, 15) is 4.79 Å². The molecular formula is C16H17NO3. The number of benzene rings is 1. The van der Waals surface area contributed by atoms with Crippen molar-refractivity contribution in [2.45, 2.75) is 13.8 Å². The zero-order valence-corrected chi connectivity index (χ0v) is 11.8. The Balaban J connectivity index is 2.53. The minimum absolute atomic E-state index is 0.332. The largest absolute Gasteiger partial charge is 0.496 e. The highest BCUT2D eigenvalue weighted by Crippen LogP contribution is 2.32. The number of carbonyl (C=O) groups excluding carboxylic acids is 1. The molecule has 1 heterocycles. The van der Waals surface area contributed by atoms with E-state index in [1.807, 2.05) is 37.3 Å². The number of ether oxygens (including phenoxy) is 2. The molecule has 104 valence electrons. The van der Waals surface area contributed by atoms with E-state index >= 15 is 0 Å². The lowest BCUT2D eigenvalue weighted by molar-refractivity contribution is 0.0518. The fraction of sp³-hybridized carbons (Fsp3) is 0.250. The van der Waals surface area contributed by atoms with Crippen molar-refractivity contribution in [1.82, 2.24) is 4.98 Å². The maximum atomic E-state index is 11.9. The van der Waals surface area contributed by atoms with E-state index in [0.29, 0.717) is 12.3 Å². The van der Waals surface area contributed by atoms with E-state index in [-0.39, 0.29) is 0 Å². The molecule has 0 fully saturated rings. The van der Waals surface area contributed by atoms with Crippen LogP contribution in [0.4, 0.5) is 0 Å². The maximum Gasteiger partial charge on any atom is 0.357 e. The predicted octanol–water partition coefficient (Wildman–Crippen LogP) is 3.24. The van der Waals surface area contributed by atoms with E-state index in [0.717, 1.165) is 22.4 Å². The van der Waals surface area contributed by atoms with Crippen LogP contribution in [0, 0.1) is 6.92 Å². The molecule has 0 spiro atoms. The summed E-state index contributed by atoms with van der Waals surface area (Å²) in [4.78, 5) is 16.0. The highest BCUT2D eigenvalue weighted by atomic mass is 16.5. The summed E-state index contributed by atoms with van der Waals surface area (Å²) in [5, 5.41) is 0. The van der Waals surface area contributed by atoms with Crippen LogP contribution >= 0.6 is 0 Å². The molecule has 20 heavy (non-hydrogen) atoms. The Hall–Kier alpha value is -2.36. The number of para-hydroxylation sites is 1. The zero-order valence-electron chi connectivity index (χ0n) is 11.8. The molecule has 0 N–H and O–H groups in total. The molecule has 0 aliphatic rings. The first-order valence-corrected chi connectivity index (χ1v) is 6.45. The van der Waals surface area contributed by atoms with E-state index < -0.39 is 5.97 Å². The fourth-order valence-electron chi connectivity index (χ4n) is 2.10. The van der Waals surface area contributed by atoms with E-state index in [4.69, 9.17) is 9.47 Å². The Kier molecular flexibility index (Phi) is 4.35. The molecule has 1 aromatic carbocycles. The first-order valence-electron chi connectivity index (χ1n) is 6.45. The minimum atomic E-state index is -0.401. The van der Waals surface area contributed by atoms with Crippen molar-refractivity contribution in [1.29, 1.82) is 0 Å². The number of esters is 1. The summed E-state index contributed by atoms with van der Waals surface area (Å²) in [5.74, 6) is 0.360. The lowest BCUT2D eigenvalue weighted by atomic mass is 9.99. The molecule has 2 rings (SSSR count). The van der Waals surface area contributed by atoms with Crippen LogP contribution in [0.15, 0.2) is 36.5 Å². The summed E-state index contributed by atoms with van der Waals surface area (Å²) in [6, 6.07) is 9.55. The van der Waals surface area contributed by atoms with Gasteiger partial charge >= 0.3 is 5.97 Å². The number of carbonyl (C=O) groups is 1. The van der Waals surface area contributed by atoms with Gasteiger partial charge in [-0.3, -0.25) is 0 Å². The maximum absolute atomic E-state index is 11.9. The number of methoxy groups -OCH3 is 1. The van der Waals surface area contributed by atoms with Crippen molar-refractivity contribution >= 4 is 5.97 Å². The summed E-state index contributed by atoms with van der Waals surface area (Å²) < 4.78 is 10.4. The SMILES string of the molecule is CCOC(=O)c1nccc(-c2ccccc2OC)c1C. The van der Waals surface area contributed by atoms with Gasteiger partial charge < -0.3 is 9.47 Å². The van der Waals surface area contributed by atoms with Gasteiger partial charge in [0.15, 0.2) is 5.69 Å². The highest BCUT2D eigenvalue weighted by Gasteiger charge is 2.16. The van der Waals surface area contributed by atoms with Crippen LogP contribution in [0.1, 0.15) is 23.0 Å². The lowest BCUT2D eigenvalue weighted by Gasteiger charge is -2.12. The Morgan fingerprint density at radius 1 is 1.20 bits per heavy atom. The standard InChI is InChI=1S/C16H17NO3/c1-4-20-16(18)15-11(2)12(9-10-17-15)13-7-5-6-8-14(13)19-3/h5-10H,4H2,1-3H3. The van der Waals surface area contributed by atoms with Crippen LogP contribution < -0.4 is 4.74 Å². The highest BCUT2D eigenvalue weighted by molar-refractivity contribution is 5.91. The Morgan fingerprint density at radius 2 is 1.95 bits per heavy atom. The summed E-state index contributed by atoms with van der Waals surface area (Å²) in [5.41, 5.74) is 2.98. The quantitative estimate of drug-likeness (QED) is 0.801.